The van der Waals surface area contributed by atoms with Crippen LogP contribution in [0.1, 0.15) is 27.6 Å². The molecule has 9 heteroatoms. The molecule has 0 atom stereocenters. The monoisotopic (exact) mass is 380 g/mol. The first kappa shape index (κ1) is 16.8. The van der Waals surface area contributed by atoms with Crippen molar-refractivity contribution in [3.05, 3.63) is 64.8 Å². The Balaban J connectivity index is 1.53. The zero-order valence-electron chi connectivity index (χ0n) is 14.1. The van der Waals surface area contributed by atoms with Gasteiger partial charge in [0.1, 0.15) is 23.0 Å². The van der Waals surface area contributed by atoms with E-state index in [0.29, 0.717) is 11.6 Å². The lowest BCUT2D eigenvalue weighted by Gasteiger charge is -2.01. The fourth-order valence-electron chi connectivity index (χ4n) is 2.55. The summed E-state index contributed by atoms with van der Waals surface area (Å²) in [5.41, 5.74) is 0.192. The van der Waals surface area contributed by atoms with Crippen molar-refractivity contribution in [3.8, 4) is 22.7 Å². The van der Waals surface area contributed by atoms with Crippen molar-refractivity contribution in [2.75, 3.05) is 0 Å². The van der Waals surface area contributed by atoms with Crippen LogP contribution in [-0.4, -0.2) is 20.7 Å². The number of esters is 1. The minimum Gasteiger partial charge on any atom is -0.452 e. The molecule has 0 aliphatic heterocycles. The van der Waals surface area contributed by atoms with Crippen LogP contribution in [0, 0.1) is 18.3 Å². The molecule has 0 spiro atoms. The Bertz CT molecular complexity index is 1120. The van der Waals surface area contributed by atoms with E-state index >= 15 is 0 Å². The van der Waals surface area contributed by atoms with Crippen molar-refractivity contribution >= 4 is 17.3 Å². The third-order valence-electron chi connectivity index (χ3n) is 3.76. The molecule has 4 aromatic heterocycles. The van der Waals surface area contributed by atoms with Gasteiger partial charge in [-0.05, 0) is 30.5 Å². The minimum atomic E-state index is -0.693. The molecule has 0 aliphatic rings. The molecule has 0 aliphatic carbocycles. The van der Waals surface area contributed by atoms with Gasteiger partial charge in [0.15, 0.2) is 6.61 Å². The summed E-state index contributed by atoms with van der Waals surface area (Å²) in [6.45, 7) is 1.40. The Hall–Kier alpha value is -3.64. The average Bonchev–Trinajstić information content (AvgIpc) is 3.45. The minimum absolute atomic E-state index is 0.0826. The number of ether oxygens (including phenoxy) is 1. The van der Waals surface area contributed by atoms with E-state index in [1.807, 2.05) is 23.6 Å². The second-order valence-corrected chi connectivity index (χ2v) is 6.43. The molecular weight excluding hydrogens is 368 g/mol. The third-order valence-corrected chi connectivity index (χ3v) is 4.62. The van der Waals surface area contributed by atoms with Crippen molar-refractivity contribution in [1.82, 2.24) is 14.7 Å². The number of carbonyl (C=O) groups excluding carboxylic acids is 1. The number of rotatable bonds is 5. The fraction of sp³-hybridized carbons (Fsp3) is 0.111. The van der Waals surface area contributed by atoms with Crippen LogP contribution in [0.2, 0.25) is 0 Å². The number of hydrogen-bond acceptors (Lipinski definition) is 8. The SMILES string of the molecule is Cc1oc(-n2cccc2)c(C#N)c1C(=O)OCc1nc(-c2cccs2)no1. The molecule has 134 valence electrons. The number of aryl methyl sites for hydroxylation is 1. The Labute approximate surface area is 157 Å². The number of thiophene rings is 1. The van der Waals surface area contributed by atoms with Gasteiger partial charge in [0.25, 0.3) is 5.89 Å². The van der Waals surface area contributed by atoms with E-state index in [-0.39, 0.29) is 29.5 Å². The van der Waals surface area contributed by atoms with Crippen LogP contribution >= 0.6 is 11.3 Å². The van der Waals surface area contributed by atoms with E-state index in [0.717, 1.165) is 4.88 Å². The van der Waals surface area contributed by atoms with Gasteiger partial charge in [-0.3, -0.25) is 4.57 Å². The third kappa shape index (κ3) is 3.14. The van der Waals surface area contributed by atoms with Gasteiger partial charge in [-0.25, -0.2) is 4.79 Å². The number of carbonyl (C=O) groups is 1. The zero-order valence-corrected chi connectivity index (χ0v) is 14.9. The van der Waals surface area contributed by atoms with Crippen LogP contribution in [0.3, 0.4) is 0 Å². The Morgan fingerprint density at radius 3 is 2.89 bits per heavy atom. The fourth-order valence-corrected chi connectivity index (χ4v) is 3.20. The summed E-state index contributed by atoms with van der Waals surface area (Å²) in [5, 5.41) is 15.2. The van der Waals surface area contributed by atoms with Gasteiger partial charge in [0.2, 0.25) is 11.7 Å². The van der Waals surface area contributed by atoms with Crippen LogP contribution in [0.25, 0.3) is 16.6 Å². The van der Waals surface area contributed by atoms with E-state index in [2.05, 4.69) is 10.1 Å². The maximum Gasteiger partial charge on any atom is 0.343 e. The molecule has 0 saturated heterocycles. The molecular formula is C18H12N4O4S. The van der Waals surface area contributed by atoms with Crippen molar-refractivity contribution in [2.45, 2.75) is 13.5 Å². The molecule has 0 radical (unpaired) electrons. The van der Waals surface area contributed by atoms with Crippen LogP contribution in [0.4, 0.5) is 0 Å². The lowest BCUT2D eigenvalue weighted by molar-refractivity contribution is 0.0427. The maximum absolute atomic E-state index is 12.5. The summed E-state index contributed by atoms with van der Waals surface area (Å²) in [5.74, 6) is 0.469. The number of nitriles is 1. The highest BCUT2D eigenvalue weighted by molar-refractivity contribution is 7.13. The molecule has 0 amide bonds. The van der Waals surface area contributed by atoms with Gasteiger partial charge in [-0.1, -0.05) is 11.2 Å². The second kappa shape index (κ2) is 6.93. The van der Waals surface area contributed by atoms with E-state index in [1.165, 1.54) is 11.3 Å². The van der Waals surface area contributed by atoms with Crippen molar-refractivity contribution in [1.29, 1.82) is 5.26 Å². The van der Waals surface area contributed by atoms with Gasteiger partial charge < -0.3 is 13.7 Å². The molecule has 0 aromatic carbocycles. The number of aromatic nitrogens is 3. The number of furan rings is 1. The van der Waals surface area contributed by atoms with E-state index in [1.54, 1.807) is 36.0 Å². The smallest absolute Gasteiger partial charge is 0.343 e. The maximum atomic E-state index is 12.5. The average molecular weight is 380 g/mol. The largest absolute Gasteiger partial charge is 0.452 e. The highest BCUT2D eigenvalue weighted by Gasteiger charge is 2.26. The second-order valence-electron chi connectivity index (χ2n) is 5.48. The quantitative estimate of drug-likeness (QED) is 0.486. The normalized spacial score (nSPS) is 10.7. The highest BCUT2D eigenvalue weighted by Crippen LogP contribution is 2.26. The van der Waals surface area contributed by atoms with Crippen molar-refractivity contribution < 1.29 is 18.5 Å². The Kier molecular flexibility index (Phi) is 4.32. The van der Waals surface area contributed by atoms with E-state index in [4.69, 9.17) is 13.7 Å². The van der Waals surface area contributed by atoms with Gasteiger partial charge in [0, 0.05) is 12.4 Å². The first-order valence-corrected chi connectivity index (χ1v) is 8.75. The number of hydrogen-bond donors (Lipinski definition) is 0. The summed E-state index contributed by atoms with van der Waals surface area (Å²) >= 11 is 1.48. The topological polar surface area (TPSA) is 107 Å². The summed E-state index contributed by atoms with van der Waals surface area (Å²) in [6.07, 6.45) is 3.44. The molecule has 8 nitrogen and oxygen atoms in total. The van der Waals surface area contributed by atoms with Crippen LogP contribution in [-0.2, 0) is 11.3 Å². The summed E-state index contributed by atoms with van der Waals surface area (Å²) < 4.78 is 17.6. The number of nitrogens with zero attached hydrogens (tertiary/aromatic N) is 4. The van der Waals surface area contributed by atoms with Crippen LogP contribution < -0.4 is 0 Å². The Morgan fingerprint density at radius 1 is 1.37 bits per heavy atom. The lowest BCUT2D eigenvalue weighted by atomic mass is 10.1. The molecule has 0 bridgehead atoms. The van der Waals surface area contributed by atoms with Crippen molar-refractivity contribution in [2.24, 2.45) is 0 Å². The van der Waals surface area contributed by atoms with Gasteiger partial charge in [-0.15, -0.1) is 11.3 Å². The van der Waals surface area contributed by atoms with E-state index in [9.17, 15) is 10.1 Å². The molecule has 0 unspecified atom stereocenters. The standard InChI is InChI=1S/C18H12N4O4S/c1-11-15(12(9-19)17(25-11)22-6-2-3-7-22)18(23)24-10-14-20-16(21-26-14)13-5-4-8-27-13/h2-8H,10H2,1H3. The summed E-state index contributed by atoms with van der Waals surface area (Å²) in [4.78, 5) is 17.6. The van der Waals surface area contributed by atoms with E-state index < -0.39 is 5.97 Å². The first-order chi connectivity index (χ1) is 13.2. The predicted octanol–water partition coefficient (Wildman–Crippen LogP) is 3.72. The van der Waals surface area contributed by atoms with Crippen molar-refractivity contribution in [3.63, 3.8) is 0 Å². The molecule has 4 heterocycles. The molecule has 4 rings (SSSR count). The Morgan fingerprint density at radius 2 is 2.19 bits per heavy atom. The molecule has 0 fully saturated rings. The van der Waals surface area contributed by atoms with Gasteiger partial charge in [-0.2, -0.15) is 10.2 Å². The first-order valence-electron chi connectivity index (χ1n) is 7.88. The zero-order chi connectivity index (χ0) is 18.8. The predicted molar refractivity (Wildman–Crippen MR) is 94.2 cm³/mol. The van der Waals surface area contributed by atoms with Gasteiger partial charge >= 0.3 is 5.97 Å². The highest BCUT2D eigenvalue weighted by atomic mass is 32.1. The van der Waals surface area contributed by atoms with Crippen LogP contribution in [0.15, 0.2) is 51.0 Å². The molecule has 27 heavy (non-hydrogen) atoms. The molecule has 4 aromatic rings. The molecule has 0 saturated carbocycles. The van der Waals surface area contributed by atoms with Crippen LogP contribution in [0.5, 0.6) is 0 Å². The summed E-state index contributed by atoms with van der Waals surface area (Å²) in [6, 6.07) is 9.33. The summed E-state index contributed by atoms with van der Waals surface area (Å²) in [7, 11) is 0. The van der Waals surface area contributed by atoms with Gasteiger partial charge in [0.05, 0.1) is 4.88 Å². The lowest BCUT2D eigenvalue weighted by Crippen LogP contribution is -2.08. The molecule has 0 N–H and O–H groups in total.